The topological polar surface area (TPSA) is 0 Å². The number of fused-ring (bicyclic) bond motifs is 1. The highest BCUT2D eigenvalue weighted by atomic mass is 14.3. The molecule has 3 aromatic carbocycles. The Labute approximate surface area is 332 Å². The van der Waals surface area contributed by atoms with E-state index in [9.17, 15) is 0 Å². The number of hydrogen-bond acceptors (Lipinski definition) is 0. The van der Waals surface area contributed by atoms with Gasteiger partial charge < -0.3 is 0 Å². The smallest absolute Gasteiger partial charge is 0.00657 e. The third-order valence-corrected chi connectivity index (χ3v) is 9.41. The molecule has 278 valence electrons. The first-order valence-corrected chi connectivity index (χ1v) is 19.5. The molecule has 0 N–H and O–H groups in total. The summed E-state index contributed by atoms with van der Waals surface area (Å²) in [5, 5.41) is 2.39. The fourth-order valence-electron chi connectivity index (χ4n) is 6.36. The van der Waals surface area contributed by atoms with Gasteiger partial charge in [-0.3, -0.25) is 0 Å². The zero-order valence-corrected chi connectivity index (χ0v) is 33.6. The van der Waals surface area contributed by atoms with Crippen molar-refractivity contribution in [2.75, 3.05) is 0 Å². The summed E-state index contributed by atoms with van der Waals surface area (Å²) >= 11 is 0. The van der Waals surface area contributed by atoms with Gasteiger partial charge >= 0.3 is 0 Å². The van der Waals surface area contributed by atoms with Crippen LogP contribution in [0.1, 0.15) is 58.6 Å². The van der Waals surface area contributed by atoms with E-state index in [-0.39, 0.29) is 5.41 Å². The molecule has 0 fully saturated rings. The summed E-state index contributed by atoms with van der Waals surface area (Å²) in [6.07, 6.45) is 47.6. The van der Waals surface area contributed by atoms with E-state index in [2.05, 4.69) is 216 Å². The van der Waals surface area contributed by atoms with Gasteiger partial charge in [0.2, 0.25) is 0 Å². The molecule has 0 saturated carbocycles. The van der Waals surface area contributed by atoms with Gasteiger partial charge in [0.25, 0.3) is 0 Å². The predicted octanol–water partition coefficient (Wildman–Crippen LogP) is 13.6. The third kappa shape index (κ3) is 13.4. The Kier molecular flexibility index (Phi) is 16.9. The molecule has 0 heteroatoms. The minimum atomic E-state index is -0.0542. The van der Waals surface area contributed by atoms with Crippen molar-refractivity contribution in [1.29, 1.82) is 0 Å². The Morgan fingerprint density at radius 3 is 2.15 bits per heavy atom. The number of rotatable bonds is 14. The number of hydrogen-bond donors (Lipinski definition) is 0. The summed E-state index contributed by atoms with van der Waals surface area (Å²) in [5.74, 6) is 0. The third-order valence-electron chi connectivity index (χ3n) is 9.41. The summed E-state index contributed by atoms with van der Waals surface area (Å²) in [5.41, 5.74) is 10.5. The van der Waals surface area contributed by atoms with Crippen molar-refractivity contribution in [3.63, 3.8) is 0 Å². The summed E-state index contributed by atoms with van der Waals surface area (Å²) in [4.78, 5) is 0. The molecule has 0 nitrogen and oxygen atoms in total. The maximum atomic E-state index is 4.41. The molecule has 0 saturated heterocycles. The lowest BCUT2D eigenvalue weighted by atomic mass is 9.77. The zero-order chi connectivity index (χ0) is 39.3. The van der Waals surface area contributed by atoms with E-state index < -0.39 is 0 Å². The Morgan fingerprint density at radius 2 is 1.42 bits per heavy atom. The average Bonchev–Trinajstić information content (AvgIpc) is 3.25. The molecule has 1 aliphatic rings. The lowest BCUT2D eigenvalue weighted by Gasteiger charge is -2.27. The minimum absolute atomic E-state index is 0.0542. The van der Waals surface area contributed by atoms with Crippen molar-refractivity contribution < 1.29 is 0 Å². The van der Waals surface area contributed by atoms with Gasteiger partial charge in [-0.2, -0.15) is 0 Å². The highest BCUT2D eigenvalue weighted by Crippen LogP contribution is 2.36. The van der Waals surface area contributed by atoms with Crippen LogP contribution in [0.3, 0.4) is 0 Å². The van der Waals surface area contributed by atoms with Gasteiger partial charge in [0, 0.05) is 0 Å². The molecule has 0 spiro atoms. The normalized spacial score (nSPS) is 17.8. The molecule has 3 aromatic rings. The monoisotopic (exact) mass is 718 g/mol. The quantitative estimate of drug-likeness (QED) is 0.146. The summed E-state index contributed by atoms with van der Waals surface area (Å²) in [6, 6.07) is 26.1. The minimum Gasteiger partial charge on any atom is -0.0918 e. The summed E-state index contributed by atoms with van der Waals surface area (Å²) in [7, 11) is 0. The van der Waals surface area contributed by atoms with Crippen LogP contribution in [0.5, 0.6) is 0 Å². The maximum absolute atomic E-state index is 4.41. The number of allylic oxidation sites excluding steroid dienone is 24. The van der Waals surface area contributed by atoms with Crippen molar-refractivity contribution in [3.05, 3.63) is 251 Å². The van der Waals surface area contributed by atoms with Gasteiger partial charge in [-0.25, -0.2) is 0 Å². The largest absolute Gasteiger partial charge is 0.0918 e. The van der Waals surface area contributed by atoms with E-state index in [0.717, 1.165) is 41.6 Å². The molecule has 0 atom stereocenters. The van der Waals surface area contributed by atoms with Crippen LogP contribution in [-0.4, -0.2) is 0 Å². The van der Waals surface area contributed by atoms with E-state index in [0.29, 0.717) is 0 Å². The van der Waals surface area contributed by atoms with Gasteiger partial charge in [0.15, 0.2) is 0 Å². The Bertz CT molecular complexity index is 2240. The second-order valence-corrected chi connectivity index (χ2v) is 14.2. The average molecular weight is 719 g/mol. The summed E-state index contributed by atoms with van der Waals surface area (Å²) < 4.78 is 0. The van der Waals surface area contributed by atoms with E-state index >= 15 is 0 Å². The lowest BCUT2D eigenvalue weighted by molar-refractivity contribution is 0.529. The van der Waals surface area contributed by atoms with Crippen LogP contribution in [0.25, 0.3) is 23.3 Å². The molecular formula is C55H58. The van der Waals surface area contributed by atoms with E-state index in [1.165, 1.54) is 38.3 Å². The molecule has 0 aromatic heterocycles. The maximum Gasteiger partial charge on any atom is -0.00657 e. The molecule has 4 rings (SSSR count). The molecule has 0 amide bonds. The molecular weight excluding hydrogens is 661 g/mol. The fraction of sp³-hybridized carbons (Fsp3) is 0.164. The second-order valence-electron chi connectivity index (χ2n) is 14.2. The predicted molar refractivity (Wildman–Crippen MR) is 245 cm³/mol. The first-order valence-electron chi connectivity index (χ1n) is 19.5. The second kappa shape index (κ2) is 22.3. The van der Waals surface area contributed by atoms with E-state index in [1.54, 1.807) is 0 Å². The van der Waals surface area contributed by atoms with Gasteiger partial charge in [0.05, 0.1) is 0 Å². The SMILES string of the molecule is C=C(/C=C\C)/C=C(\C=C/CC)C(=C)\C=C/C=C(/C=C\C=C\C=C\C=c1\cccc\c1=C\C=C\C)C1=C\CC(C)(C)c2cc(-c3ccccc3)ccc2C\C=C/1. The molecule has 0 heterocycles. The van der Waals surface area contributed by atoms with Crippen molar-refractivity contribution >= 4 is 12.2 Å². The first kappa shape index (κ1) is 41.8. The van der Waals surface area contributed by atoms with Crippen molar-refractivity contribution in [2.24, 2.45) is 0 Å². The van der Waals surface area contributed by atoms with Crippen LogP contribution in [0.2, 0.25) is 0 Å². The van der Waals surface area contributed by atoms with Crippen LogP contribution in [0.4, 0.5) is 0 Å². The highest BCUT2D eigenvalue weighted by Gasteiger charge is 2.24. The van der Waals surface area contributed by atoms with Crippen LogP contribution in [0, 0.1) is 0 Å². The van der Waals surface area contributed by atoms with Gasteiger partial charge in [-0.1, -0.05) is 228 Å². The van der Waals surface area contributed by atoms with Crippen molar-refractivity contribution in [3.8, 4) is 11.1 Å². The van der Waals surface area contributed by atoms with Gasteiger partial charge in [-0.15, -0.1) is 0 Å². The molecule has 0 radical (unpaired) electrons. The standard InChI is InChI=1S/C55H58/c1-8-11-27-46-33-21-22-34-47(46)29-17-14-13-15-18-30-48(35-23-26-45(5)52(28-12-9-2)42-44(4)25-10-3)50-36-24-37-51-38-39-53(49-31-19-16-20-32-49)43-54(51)55(6,7)41-40-50/h8,10-36,38-40,42-43H,4-5,9,37,41H2,1-3,6-7H3/b11-8+,15-13+,17-14+,25-10-,26-23-,28-12-,30-18-,36-24-,46-27-,47-29-,48-35-,50-40+,52-42+. The molecule has 55 heavy (non-hydrogen) atoms. The van der Waals surface area contributed by atoms with Crippen LogP contribution in [0.15, 0.2) is 229 Å². The Morgan fingerprint density at radius 1 is 0.709 bits per heavy atom. The van der Waals surface area contributed by atoms with Gasteiger partial charge in [-0.05, 0) is 105 Å². The number of benzene rings is 3. The van der Waals surface area contributed by atoms with Gasteiger partial charge in [0.1, 0.15) is 0 Å². The van der Waals surface area contributed by atoms with Crippen LogP contribution >= 0.6 is 0 Å². The fourth-order valence-corrected chi connectivity index (χ4v) is 6.36. The summed E-state index contributed by atoms with van der Waals surface area (Å²) in [6.45, 7) is 19.5. The lowest BCUT2D eigenvalue weighted by Crippen LogP contribution is -2.22. The van der Waals surface area contributed by atoms with Crippen LogP contribution < -0.4 is 10.4 Å². The zero-order valence-electron chi connectivity index (χ0n) is 33.6. The molecule has 0 unspecified atom stereocenters. The van der Waals surface area contributed by atoms with E-state index in [1.807, 2.05) is 32.1 Å². The van der Waals surface area contributed by atoms with Crippen molar-refractivity contribution in [2.45, 2.75) is 59.3 Å². The first-order chi connectivity index (χ1) is 26.7. The van der Waals surface area contributed by atoms with Crippen LogP contribution in [-0.2, 0) is 11.8 Å². The molecule has 0 bridgehead atoms. The molecule has 0 aliphatic heterocycles. The van der Waals surface area contributed by atoms with E-state index in [4.69, 9.17) is 0 Å². The Balaban J connectivity index is 1.67. The van der Waals surface area contributed by atoms with Crippen molar-refractivity contribution in [1.82, 2.24) is 0 Å². The Hall–Kier alpha value is -5.98. The highest BCUT2D eigenvalue weighted by molar-refractivity contribution is 5.66. The molecule has 1 aliphatic carbocycles.